The van der Waals surface area contributed by atoms with Gasteiger partial charge in [0.25, 0.3) is 0 Å². The van der Waals surface area contributed by atoms with E-state index in [-0.39, 0.29) is 11.8 Å². The van der Waals surface area contributed by atoms with Crippen LogP contribution in [0.3, 0.4) is 0 Å². The first kappa shape index (κ1) is 22.1. The Morgan fingerprint density at radius 3 is 2.44 bits per heavy atom. The molecule has 2 heterocycles. The van der Waals surface area contributed by atoms with E-state index in [1.165, 1.54) is 0 Å². The summed E-state index contributed by atoms with van der Waals surface area (Å²) in [7, 11) is 0. The number of nitrogens with zero attached hydrogens (tertiary/aromatic N) is 1. The molecule has 3 N–H and O–H groups in total. The summed E-state index contributed by atoms with van der Waals surface area (Å²) < 4.78 is 11.0. The molecule has 2 aromatic rings. The zero-order valence-electron chi connectivity index (χ0n) is 18.1. The van der Waals surface area contributed by atoms with Crippen LogP contribution in [0.2, 0.25) is 0 Å². The van der Waals surface area contributed by atoms with Crippen LogP contribution in [0.25, 0.3) is 0 Å². The van der Waals surface area contributed by atoms with E-state index in [0.29, 0.717) is 43.5 Å². The van der Waals surface area contributed by atoms with Crippen LogP contribution >= 0.6 is 0 Å². The Morgan fingerprint density at radius 2 is 1.72 bits per heavy atom. The van der Waals surface area contributed by atoms with Crippen molar-refractivity contribution in [3.63, 3.8) is 0 Å². The van der Waals surface area contributed by atoms with Gasteiger partial charge >= 0.3 is 6.03 Å². The molecular weight excluding hydrogens is 410 g/mol. The highest BCUT2D eigenvalue weighted by Crippen LogP contribution is 2.33. The smallest absolute Gasteiger partial charge is 0.325 e. The highest BCUT2D eigenvalue weighted by atomic mass is 16.6. The zero-order chi connectivity index (χ0) is 22.5. The highest BCUT2D eigenvalue weighted by molar-refractivity contribution is 6.02. The summed E-state index contributed by atoms with van der Waals surface area (Å²) in [6, 6.07) is 13.7. The number of amides is 3. The first-order valence-electron chi connectivity index (χ1n) is 11.0. The SMILES string of the molecule is CC(C(=O)NC(=O)Nc1ccc2c(c1)OCCO2)N1CCC(C(O)c2ccccc2)CC1. The maximum absolute atomic E-state index is 12.6. The van der Waals surface area contributed by atoms with Gasteiger partial charge in [0.15, 0.2) is 11.5 Å². The first-order valence-corrected chi connectivity index (χ1v) is 11.0. The molecule has 2 aromatic carbocycles. The normalized spacial score (nSPS) is 18.4. The van der Waals surface area contributed by atoms with Gasteiger partial charge in [0.2, 0.25) is 5.91 Å². The molecule has 0 aliphatic carbocycles. The second-order valence-corrected chi connectivity index (χ2v) is 8.21. The number of carbonyl (C=O) groups is 2. The molecule has 8 heteroatoms. The lowest BCUT2D eigenvalue weighted by molar-refractivity contribution is -0.125. The molecule has 170 valence electrons. The van der Waals surface area contributed by atoms with Crippen molar-refractivity contribution in [2.45, 2.75) is 31.9 Å². The van der Waals surface area contributed by atoms with Gasteiger partial charge < -0.3 is 19.9 Å². The summed E-state index contributed by atoms with van der Waals surface area (Å²) in [4.78, 5) is 27.0. The number of anilines is 1. The fourth-order valence-corrected chi connectivity index (χ4v) is 4.21. The van der Waals surface area contributed by atoms with Crippen molar-refractivity contribution in [3.8, 4) is 11.5 Å². The van der Waals surface area contributed by atoms with E-state index in [2.05, 4.69) is 10.6 Å². The average Bonchev–Trinajstić information content (AvgIpc) is 2.83. The second kappa shape index (κ2) is 10.0. The van der Waals surface area contributed by atoms with Gasteiger partial charge in [-0.15, -0.1) is 0 Å². The number of nitrogens with one attached hydrogen (secondary N) is 2. The van der Waals surface area contributed by atoms with E-state index < -0.39 is 18.2 Å². The van der Waals surface area contributed by atoms with Crippen molar-refractivity contribution in [2.75, 3.05) is 31.6 Å². The zero-order valence-corrected chi connectivity index (χ0v) is 18.1. The van der Waals surface area contributed by atoms with Crippen molar-refractivity contribution in [1.82, 2.24) is 10.2 Å². The van der Waals surface area contributed by atoms with E-state index in [4.69, 9.17) is 9.47 Å². The number of imide groups is 1. The standard InChI is InChI=1S/C24H29N3O5/c1-16(27-11-9-18(10-12-27)22(28)17-5-3-2-4-6-17)23(29)26-24(30)25-19-7-8-20-21(15-19)32-14-13-31-20/h2-8,15-16,18,22,28H,9-14H2,1H3,(H2,25,26,29,30). The Labute approximate surface area is 187 Å². The number of piperidine rings is 1. The second-order valence-electron chi connectivity index (χ2n) is 8.21. The minimum atomic E-state index is -0.590. The number of likely N-dealkylation sites (tertiary alicyclic amines) is 1. The van der Waals surface area contributed by atoms with Gasteiger partial charge in [-0.25, -0.2) is 4.79 Å². The number of aliphatic hydroxyl groups is 1. The Morgan fingerprint density at radius 1 is 1.03 bits per heavy atom. The third kappa shape index (κ3) is 5.20. The monoisotopic (exact) mass is 439 g/mol. The van der Waals surface area contributed by atoms with Crippen molar-refractivity contribution in [1.29, 1.82) is 0 Å². The quantitative estimate of drug-likeness (QED) is 0.662. The molecule has 0 saturated carbocycles. The Hall–Kier alpha value is -3.10. The molecule has 2 unspecified atom stereocenters. The number of carbonyl (C=O) groups excluding carboxylic acids is 2. The fraction of sp³-hybridized carbons (Fsp3) is 0.417. The maximum Gasteiger partial charge on any atom is 0.325 e. The van der Waals surface area contributed by atoms with Crippen LogP contribution in [-0.4, -0.2) is 54.3 Å². The number of hydrogen-bond acceptors (Lipinski definition) is 6. The number of fused-ring (bicyclic) bond motifs is 1. The molecule has 2 aliphatic rings. The molecule has 4 rings (SSSR count). The molecule has 0 radical (unpaired) electrons. The summed E-state index contributed by atoms with van der Waals surface area (Å²) in [6.07, 6.45) is 1.08. The largest absolute Gasteiger partial charge is 0.486 e. The van der Waals surface area contributed by atoms with Gasteiger partial charge in [0.1, 0.15) is 13.2 Å². The molecule has 8 nitrogen and oxygen atoms in total. The molecule has 1 saturated heterocycles. The van der Waals surface area contributed by atoms with Gasteiger partial charge in [-0.3, -0.25) is 15.0 Å². The van der Waals surface area contributed by atoms with E-state index in [0.717, 1.165) is 18.4 Å². The summed E-state index contributed by atoms with van der Waals surface area (Å²) in [5.41, 5.74) is 1.44. The molecule has 32 heavy (non-hydrogen) atoms. The first-order chi connectivity index (χ1) is 15.5. The summed E-state index contributed by atoms with van der Waals surface area (Å²) in [5, 5.41) is 15.7. The van der Waals surface area contributed by atoms with Gasteiger partial charge in [0, 0.05) is 11.8 Å². The number of aliphatic hydroxyl groups excluding tert-OH is 1. The van der Waals surface area contributed by atoms with Crippen molar-refractivity contribution in [3.05, 3.63) is 54.1 Å². The number of urea groups is 1. The van der Waals surface area contributed by atoms with Gasteiger partial charge in [0.05, 0.1) is 12.1 Å². The van der Waals surface area contributed by atoms with Crippen molar-refractivity contribution >= 4 is 17.6 Å². The van der Waals surface area contributed by atoms with Crippen LogP contribution in [0.4, 0.5) is 10.5 Å². The highest BCUT2D eigenvalue weighted by Gasteiger charge is 2.31. The van der Waals surface area contributed by atoms with E-state index in [9.17, 15) is 14.7 Å². The maximum atomic E-state index is 12.6. The van der Waals surface area contributed by atoms with Crippen LogP contribution in [0.15, 0.2) is 48.5 Å². The van der Waals surface area contributed by atoms with Crippen molar-refractivity contribution in [2.24, 2.45) is 5.92 Å². The molecule has 2 aliphatic heterocycles. The van der Waals surface area contributed by atoms with E-state index in [1.807, 2.05) is 35.2 Å². The van der Waals surface area contributed by atoms with Crippen LogP contribution in [0.1, 0.15) is 31.4 Å². The molecule has 0 bridgehead atoms. The molecule has 0 aromatic heterocycles. The third-order valence-electron chi connectivity index (χ3n) is 6.13. The minimum Gasteiger partial charge on any atom is -0.486 e. The lowest BCUT2D eigenvalue weighted by Gasteiger charge is -2.37. The van der Waals surface area contributed by atoms with Crippen LogP contribution in [0, 0.1) is 5.92 Å². The van der Waals surface area contributed by atoms with Gasteiger partial charge in [-0.05, 0) is 56.5 Å². The Bertz CT molecular complexity index is 944. The van der Waals surface area contributed by atoms with E-state index >= 15 is 0 Å². The number of hydrogen-bond donors (Lipinski definition) is 3. The fourth-order valence-electron chi connectivity index (χ4n) is 4.21. The number of ether oxygens (including phenoxy) is 2. The van der Waals surface area contributed by atoms with Crippen LogP contribution in [-0.2, 0) is 4.79 Å². The predicted molar refractivity (Wildman–Crippen MR) is 120 cm³/mol. The lowest BCUT2D eigenvalue weighted by Crippen LogP contribution is -2.50. The van der Waals surface area contributed by atoms with Crippen LogP contribution < -0.4 is 20.1 Å². The molecule has 0 spiro atoms. The van der Waals surface area contributed by atoms with Gasteiger partial charge in [-0.1, -0.05) is 30.3 Å². The van der Waals surface area contributed by atoms with E-state index in [1.54, 1.807) is 25.1 Å². The van der Waals surface area contributed by atoms with Crippen molar-refractivity contribution < 1.29 is 24.2 Å². The molecule has 3 amide bonds. The Kier molecular flexibility index (Phi) is 6.92. The number of benzene rings is 2. The molecular formula is C24H29N3O5. The molecule has 2 atom stereocenters. The number of rotatable bonds is 5. The summed E-state index contributed by atoms with van der Waals surface area (Å²) >= 11 is 0. The lowest BCUT2D eigenvalue weighted by atomic mass is 9.87. The molecule has 1 fully saturated rings. The Balaban J connectivity index is 1.25. The predicted octanol–water partition coefficient (Wildman–Crippen LogP) is 2.94. The van der Waals surface area contributed by atoms with Crippen LogP contribution in [0.5, 0.6) is 11.5 Å². The average molecular weight is 440 g/mol. The summed E-state index contributed by atoms with van der Waals surface area (Å²) in [6.45, 7) is 4.12. The minimum absolute atomic E-state index is 0.155. The third-order valence-corrected chi connectivity index (χ3v) is 6.13. The topological polar surface area (TPSA) is 100 Å². The van der Waals surface area contributed by atoms with Gasteiger partial charge in [-0.2, -0.15) is 0 Å². The summed E-state index contributed by atoms with van der Waals surface area (Å²) in [5.74, 6) is 0.992.